The molecule has 0 spiro atoms. The molecule has 0 radical (unpaired) electrons. The molecule has 0 heterocycles. The summed E-state index contributed by atoms with van der Waals surface area (Å²) in [7, 11) is 1.48. The molecule has 22 heavy (non-hydrogen) atoms. The van der Waals surface area contributed by atoms with Crippen LogP contribution in [0.25, 0.3) is 0 Å². The summed E-state index contributed by atoms with van der Waals surface area (Å²) in [6, 6.07) is 5.53. The van der Waals surface area contributed by atoms with Crippen molar-refractivity contribution < 1.29 is 32.2 Å². The van der Waals surface area contributed by atoms with Crippen LogP contribution in [0.4, 0.5) is 24.5 Å². The quantitative estimate of drug-likeness (QED) is 0.751. The maximum absolute atomic E-state index is 12.2. The van der Waals surface area contributed by atoms with Gasteiger partial charge in [0.25, 0.3) is 0 Å². The largest absolute Gasteiger partial charge is 0.471 e. The molecule has 1 rings (SSSR count). The van der Waals surface area contributed by atoms with Crippen LogP contribution in [0.1, 0.15) is 0 Å². The van der Waals surface area contributed by atoms with Gasteiger partial charge in [0.2, 0.25) is 5.91 Å². The Balaban J connectivity index is 2.64. The summed E-state index contributed by atoms with van der Waals surface area (Å²) in [4.78, 5) is 22.5. The van der Waals surface area contributed by atoms with E-state index in [2.05, 4.69) is 5.32 Å². The van der Waals surface area contributed by atoms with E-state index in [9.17, 15) is 22.8 Å². The van der Waals surface area contributed by atoms with Gasteiger partial charge in [-0.05, 0) is 12.1 Å². The van der Waals surface area contributed by atoms with Crippen LogP contribution in [-0.2, 0) is 19.1 Å². The molecule has 6 nitrogen and oxygen atoms in total. The molecule has 0 saturated carbocycles. The van der Waals surface area contributed by atoms with E-state index in [-0.39, 0.29) is 24.6 Å². The topological polar surface area (TPSA) is 76.7 Å². The number of rotatable bonds is 7. The van der Waals surface area contributed by atoms with Crippen LogP contribution in [-0.4, -0.2) is 44.9 Å². The summed E-state index contributed by atoms with van der Waals surface area (Å²) in [6.45, 7) is 0.229. The molecular formula is C13H15F3N2O4. The number of halogens is 3. The van der Waals surface area contributed by atoms with Crippen LogP contribution in [0.15, 0.2) is 24.3 Å². The van der Waals surface area contributed by atoms with Gasteiger partial charge in [0.05, 0.1) is 24.6 Å². The highest BCUT2D eigenvalue weighted by atomic mass is 19.4. The third kappa shape index (κ3) is 6.10. The number of hydrogen-bond acceptors (Lipinski definition) is 4. The molecule has 0 atom stereocenters. The number of anilines is 2. The van der Waals surface area contributed by atoms with Gasteiger partial charge in [-0.15, -0.1) is 0 Å². The summed E-state index contributed by atoms with van der Waals surface area (Å²) < 4.78 is 46.4. The zero-order valence-corrected chi connectivity index (χ0v) is 11.7. The van der Waals surface area contributed by atoms with Gasteiger partial charge in [0.1, 0.15) is 6.61 Å². The average molecular weight is 320 g/mol. The molecule has 1 aromatic rings. The lowest BCUT2D eigenvalue weighted by atomic mass is 10.2. The zero-order valence-electron chi connectivity index (χ0n) is 11.7. The van der Waals surface area contributed by atoms with Crippen molar-refractivity contribution in [2.75, 3.05) is 37.6 Å². The van der Waals surface area contributed by atoms with E-state index in [1.807, 2.05) is 0 Å². The SMILES string of the molecule is COCCOCC(=O)Nc1ccccc1NC(=O)C(F)(F)F. The fourth-order valence-corrected chi connectivity index (χ4v) is 1.39. The Morgan fingerprint density at radius 3 is 2.23 bits per heavy atom. The van der Waals surface area contributed by atoms with Crippen molar-refractivity contribution in [2.24, 2.45) is 0 Å². The van der Waals surface area contributed by atoms with Gasteiger partial charge in [0, 0.05) is 7.11 Å². The molecule has 0 fully saturated rings. The average Bonchev–Trinajstić information content (AvgIpc) is 2.44. The van der Waals surface area contributed by atoms with Crippen LogP contribution < -0.4 is 10.6 Å². The van der Waals surface area contributed by atoms with Gasteiger partial charge >= 0.3 is 12.1 Å². The second-order valence-corrected chi connectivity index (χ2v) is 4.09. The maximum atomic E-state index is 12.2. The Morgan fingerprint density at radius 2 is 1.68 bits per heavy atom. The molecule has 0 aliphatic rings. The van der Waals surface area contributed by atoms with E-state index in [4.69, 9.17) is 9.47 Å². The number of methoxy groups -OCH3 is 1. The third-order valence-electron chi connectivity index (χ3n) is 2.37. The van der Waals surface area contributed by atoms with Crippen LogP contribution in [0, 0.1) is 0 Å². The van der Waals surface area contributed by atoms with E-state index in [0.717, 1.165) is 0 Å². The molecule has 2 N–H and O–H groups in total. The highest BCUT2D eigenvalue weighted by molar-refractivity contribution is 6.01. The molecule has 0 aromatic heterocycles. The predicted molar refractivity (Wildman–Crippen MR) is 72.5 cm³/mol. The molecule has 2 amide bonds. The Kier molecular flexibility index (Phi) is 6.80. The molecule has 1 aromatic carbocycles. The summed E-state index contributed by atoms with van der Waals surface area (Å²) in [5.74, 6) is -2.68. The van der Waals surface area contributed by atoms with Gasteiger partial charge in [-0.3, -0.25) is 9.59 Å². The third-order valence-corrected chi connectivity index (χ3v) is 2.37. The van der Waals surface area contributed by atoms with Crippen molar-refractivity contribution in [3.63, 3.8) is 0 Å². The smallest absolute Gasteiger partial charge is 0.382 e. The van der Waals surface area contributed by atoms with Crippen molar-refractivity contribution in [3.8, 4) is 0 Å². The zero-order chi connectivity index (χ0) is 16.6. The number of alkyl halides is 3. The first-order chi connectivity index (χ1) is 10.3. The van der Waals surface area contributed by atoms with Crippen molar-refractivity contribution in [2.45, 2.75) is 6.18 Å². The Hall–Kier alpha value is -2.13. The van der Waals surface area contributed by atoms with Crippen molar-refractivity contribution in [1.82, 2.24) is 0 Å². The number of ether oxygens (including phenoxy) is 2. The first kappa shape index (κ1) is 17.9. The molecule has 0 bridgehead atoms. The molecule has 0 aliphatic carbocycles. The van der Waals surface area contributed by atoms with Crippen molar-refractivity contribution in [3.05, 3.63) is 24.3 Å². The lowest BCUT2D eigenvalue weighted by Crippen LogP contribution is -2.30. The van der Waals surface area contributed by atoms with Crippen molar-refractivity contribution >= 4 is 23.2 Å². The number of hydrogen-bond donors (Lipinski definition) is 2. The standard InChI is InChI=1S/C13H15F3N2O4/c1-21-6-7-22-8-11(19)17-9-4-2-3-5-10(9)18-12(20)13(14,15)16/h2-5H,6-8H2,1H3,(H,17,19)(H,18,20). The predicted octanol–water partition coefficient (Wildman–Crippen LogP) is 1.79. The minimum Gasteiger partial charge on any atom is -0.382 e. The number of amides is 2. The van der Waals surface area contributed by atoms with Gasteiger partial charge in [-0.25, -0.2) is 0 Å². The molecule has 0 unspecified atom stereocenters. The lowest BCUT2D eigenvalue weighted by Gasteiger charge is -2.13. The summed E-state index contributed by atoms with van der Waals surface area (Å²) >= 11 is 0. The molecular weight excluding hydrogens is 305 g/mol. The first-order valence-electron chi connectivity index (χ1n) is 6.18. The molecule has 122 valence electrons. The second-order valence-electron chi connectivity index (χ2n) is 4.09. The minimum atomic E-state index is -5.01. The van der Waals surface area contributed by atoms with Gasteiger partial charge < -0.3 is 20.1 Å². The molecule has 9 heteroatoms. The number of carbonyl (C=O) groups is 2. The number of carbonyl (C=O) groups excluding carboxylic acids is 2. The van der Waals surface area contributed by atoms with Crippen molar-refractivity contribution in [1.29, 1.82) is 0 Å². The van der Waals surface area contributed by atoms with E-state index < -0.39 is 18.0 Å². The maximum Gasteiger partial charge on any atom is 0.471 e. The first-order valence-corrected chi connectivity index (χ1v) is 6.18. The Labute approximate surface area is 124 Å². The van der Waals surface area contributed by atoms with Gasteiger partial charge in [-0.2, -0.15) is 13.2 Å². The number of nitrogens with one attached hydrogen (secondary N) is 2. The fraction of sp³-hybridized carbons (Fsp3) is 0.385. The van der Waals surface area contributed by atoms with E-state index >= 15 is 0 Å². The minimum absolute atomic E-state index is 0.0421. The Bertz CT molecular complexity index is 520. The van der Waals surface area contributed by atoms with E-state index in [0.29, 0.717) is 6.61 Å². The van der Waals surface area contributed by atoms with E-state index in [1.54, 1.807) is 5.32 Å². The monoisotopic (exact) mass is 320 g/mol. The molecule has 0 saturated heterocycles. The summed E-state index contributed by atoms with van der Waals surface area (Å²) in [5.41, 5.74) is -0.115. The highest BCUT2D eigenvalue weighted by Gasteiger charge is 2.38. The Morgan fingerprint density at radius 1 is 1.09 bits per heavy atom. The van der Waals surface area contributed by atoms with Crippen LogP contribution in [0.3, 0.4) is 0 Å². The molecule has 0 aliphatic heterocycles. The van der Waals surface area contributed by atoms with E-state index in [1.165, 1.54) is 31.4 Å². The van der Waals surface area contributed by atoms with Gasteiger partial charge in [-0.1, -0.05) is 12.1 Å². The number of para-hydroxylation sites is 2. The summed E-state index contributed by atoms with van der Waals surface area (Å²) in [5, 5.41) is 4.05. The second kappa shape index (κ2) is 8.35. The normalized spacial score (nSPS) is 11.1. The van der Waals surface area contributed by atoms with Crippen LogP contribution >= 0.6 is 0 Å². The number of benzene rings is 1. The van der Waals surface area contributed by atoms with Crippen LogP contribution in [0.5, 0.6) is 0 Å². The lowest BCUT2D eigenvalue weighted by molar-refractivity contribution is -0.167. The highest BCUT2D eigenvalue weighted by Crippen LogP contribution is 2.24. The van der Waals surface area contributed by atoms with Crippen LogP contribution in [0.2, 0.25) is 0 Å². The fourth-order valence-electron chi connectivity index (χ4n) is 1.39. The summed E-state index contributed by atoms with van der Waals surface area (Å²) in [6.07, 6.45) is -5.01. The van der Waals surface area contributed by atoms with Gasteiger partial charge in [0.15, 0.2) is 0 Å².